The molecule has 0 amide bonds. The predicted octanol–water partition coefficient (Wildman–Crippen LogP) is 2.13. The minimum Gasteiger partial charge on any atom is -0.469 e. The van der Waals surface area contributed by atoms with Crippen molar-refractivity contribution in [3.63, 3.8) is 0 Å². The predicted molar refractivity (Wildman–Crippen MR) is 64.8 cm³/mol. The average Bonchev–Trinajstić information content (AvgIpc) is 2.36. The molecule has 0 saturated carbocycles. The second kappa shape index (κ2) is 5.54. The Kier molecular flexibility index (Phi) is 4.35. The molecule has 1 aliphatic rings. The van der Waals surface area contributed by atoms with Crippen LogP contribution >= 0.6 is 0 Å². The highest BCUT2D eigenvalue weighted by Gasteiger charge is 2.26. The Labute approximate surface area is 97.1 Å². The fourth-order valence-electron chi connectivity index (χ4n) is 1.87. The fourth-order valence-corrected chi connectivity index (χ4v) is 1.87. The Hall–Kier alpha value is -1.51. The van der Waals surface area contributed by atoms with E-state index in [2.05, 4.69) is 24.6 Å². The number of esters is 1. The molecule has 1 heterocycles. The van der Waals surface area contributed by atoms with Gasteiger partial charge in [0.25, 0.3) is 0 Å². The first-order valence-electron chi connectivity index (χ1n) is 5.43. The molecule has 0 aromatic rings. The van der Waals surface area contributed by atoms with Crippen molar-refractivity contribution >= 4 is 5.97 Å². The summed E-state index contributed by atoms with van der Waals surface area (Å²) in [6.45, 7) is 13.2. The molecule has 0 aromatic heterocycles. The van der Waals surface area contributed by atoms with E-state index in [1.54, 1.807) is 6.08 Å². The normalized spacial score (nSPS) is 16.7. The minimum atomic E-state index is -0.104. The van der Waals surface area contributed by atoms with Gasteiger partial charge in [0.1, 0.15) is 0 Å². The Balaban J connectivity index is 2.49. The van der Waals surface area contributed by atoms with E-state index in [1.165, 1.54) is 7.11 Å². The van der Waals surface area contributed by atoms with Crippen molar-refractivity contribution in [2.24, 2.45) is 5.92 Å². The van der Waals surface area contributed by atoms with Gasteiger partial charge in [-0.15, -0.1) is 0 Å². The number of nitrogens with zero attached hydrogens (tertiary/aromatic N) is 1. The van der Waals surface area contributed by atoms with E-state index in [0.29, 0.717) is 0 Å². The van der Waals surface area contributed by atoms with Gasteiger partial charge in [0, 0.05) is 18.8 Å². The number of rotatable bonds is 4. The third-order valence-electron chi connectivity index (χ3n) is 3.03. The van der Waals surface area contributed by atoms with Crippen molar-refractivity contribution in [2.75, 3.05) is 20.2 Å². The molecule has 0 aromatic carbocycles. The molecule has 0 radical (unpaired) electrons. The van der Waals surface area contributed by atoms with Crippen LogP contribution in [0.25, 0.3) is 0 Å². The molecule has 1 fully saturated rings. The number of allylic oxidation sites excluding steroid dienone is 1. The zero-order valence-electron chi connectivity index (χ0n) is 9.87. The zero-order valence-corrected chi connectivity index (χ0v) is 9.87. The van der Waals surface area contributed by atoms with Crippen molar-refractivity contribution < 1.29 is 9.53 Å². The second-order valence-corrected chi connectivity index (χ2v) is 3.96. The Morgan fingerprint density at radius 2 is 1.94 bits per heavy atom. The van der Waals surface area contributed by atoms with Crippen LogP contribution in [0.4, 0.5) is 0 Å². The molecule has 3 nitrogen and oxygen atoms in total. The van der Waals surface area contributed by atoms with Crippen LogP contribution in [0.2, 0.25) is 0 Å². The molecule has 1 aliphatic heterocycles. The lowest BCUT2D eigenvalue weighted by molar-refractivity contribution is -0.146. The number of carbonyl (C=O) groups excluding carboxylic acids is 1. The molecule has 0 spiro atoms. The molecule has 1 saturated heterocycles. The molecule has 1 rings (SSSR count). The van der Waals surface area contributed by atoms with Gasteiger partial charge in [0.05, 0.1) is 13.0 Å². The molecule has 0 N–H and O–H groups in total. The third-order valence-corrected chi connectivity index (χ3v) is 3.03. The Bertz CT molecular complexity index is 312. The number of methoxy groups -OCH3 is 1. The van der Waals surface area contributed by atoms with Crippen LogP contribution in [-0.4, -0.2) is 31.1 Å². The summed E-state index contributed by atoms with van der Waals surface area (Å²) in [6, 6.07) is 0. The van der Waals surface area contributed by atoms with Gasteiger partial charge in [-0.25, -0.2) is 0 Å². The lowest BCUT2D eigenvalue weighted by atomic mass is 9.96. The third kappa shape index (κ3) is 2.75. The number of ether oxygens (including phenoxy) is 1. The van der Waals surface area contributed by atoms with Crippen molar-refractivity contribution in [2.45, 2.75) is 12.8 Å². The standard InChI is InChI=1S/C13H19NO2/c1-5-10(2)11(3)14-8-6-12(7-9-14)13(15)16-4/h5,12H,1-3,6-9H2,4H3. The first kappa shape index (κ1) is 12.6. The van der Waals surface area contributed by atoms with E-state index < -0.39 is 0 Å². The number of likely N-dealkylation sites (tertiary alicyclic amines) is 1. The second-order valence-electron chi connectivity index (χ2n) is 3.96. The van der Waals surface area contributed by atoms with Gasteiger partial charge >= 0.3 is 5.97 Å². The molecule has 3 heteroatoms. The summed E-state index contributed by atoms with van der Waals surface area (Å²) in [7, 11) is 1.44. The van der Waals surface area contributed by atoms with Crippen molar-refractivity contribution in [1.29, 1.82) is 0 Å². The maximum atomic E-state index is 11.3. The number of carbonyl (C=O) groups is 1. The Morgan fingerprint density at radius 1 is 1.38 bits per heavy atom. The van der Waals surface area contributed by atoms with E-state index in [-0.39, 0.29) is 11.9 Å². The van der Waals surface area contributed by atoms with Crippen LogP contribution in [0, 0.1) is 5.92 Å². The zero-order chi connectivity index (χ0) is 12.1. The largest absolute Gasteiger partial charge is 0.469 e. The lowest BCUT2D eigenvalue weighted by Gasteiger charge is -2.33. The summed E-state index contributed by atoms with van der Waals surface area (Å²) in [6.07, 6.45) is 3.33. The van der Waals surface area contributed by atoms with Crippen LogP contribution in [0.5, 0.6) is 0 Å². The molecule has 0 aliphatic carbocycles. The molecule has 0 unspecified atom stereocenters. The van der Waals surface area contributed by atoms with E-state index in [1.807, 2.05) is 0 Å². The van der Waals surface area contributed by atoms with Gasteiger partial charge in [0.2, 0.25) is 0 Å². The maximum Gasteiger partial charge on any atom is 0.308 e. The highest BCUT2D eigenvalue weighted by atomic mass is 16.5. The van der Waals surface area contributed by atoms with Crippen molar-refractivity contribution in [1.82, 2.24) is 4.90 Å². The van der Waals surface area contributed by atoms with Gasteiger partial charge in [-0.05, 0) is 18.4 Å². The van der Waals surface area contributed by atoms with Gasteiger partial charge in [0.15, 0.2) is 0 Å². The minimum absolute atomic E-state index is 0.0334. The molecule has 88 valence electrons. The summed E-state index contributed by atoms with van der Waals surface area (Å²) in [5, 5.41) is 0. The van der Waals surface area contributed by atoms with Crippen molar-refractivity contribution in [3.8, 4) is 0 Å². The van der Waals surface area contributed by atoms with E-state index >= 15 is 0 Å². The van der Waals surface area contributed by atoms with Gasteiger partial charge < -0.3 is 9.64 Å². The first-order chi connectivity index (χ1) is 7.60. The summed E-state index contributed by atoms with van der Waals surface area (Å²) >= 11 is 0. The smallest absolute Gasteiger partial charge is 0.308 e. The van der Waals surface area contributed by atoms with E-state index in [9.17, 15) is 4.79 Å². The average molecular weight is 221 g/mol. The van der Waals surface area contributed by atoms with Crippen LogP contribution in [-0.2, 0) is 9.53 Å². The number of piperidine rings is 1. The molecular weight excluding hydrogens is 202 g/mol. The number of hydrogen-bond acceptors (Lipinski definition) is 3. The summed E-state index contributed by atoms with van der Waals surface area (Å²) in [5.74, 6) is -0.0705. The number of hydrogen-bond donors (Lipinski definition) is 0. The van der Waals surface area contributed by atoms with Crippen LogP contribution in [0.15, 0.2) is 37.1 Å². The topological polar surface area (TPSA) is 29.5 Å². The fraction of sp³-hybridized carbons (Fsp3) is 0.462. The quantitative estimate of drug-likeness (QED) is 0.538. The lowest BCUT2D eigenvalue weighted by Crippen LogP contribution is -2.36. The highest BCUT2D eigenvalue weighted by molar-refractivity contribution is 5.72. The summed E-state index contributed by atoms with van der Waals surface area (Å²) in [5.41, 5.74) is 1.75. The molecule has 0 atom stereocenters. The van der Waals surface area contributed by atoms with Crippen LogP contribution in [0.3, 0.4) is 0 Å². The van der Waals surface area contributed by atoms with Crippen LogP contribution in [0.1, 0.15) is 12.8 Å². The van der Waals surface area contributed by atoms with Gasteiger partial charge in [-0.2, -0.15) is 0 Å². The highest BCUT2D eigenvalue weighted by Crippen LogP contribution is 2.23. The monoisotopic (exact) mass is 221 g/mol. The molecular formula is C13H19NO2. The van der Waals surface area contributed by atoms with E-state index in [4.69, 9.17) is 4.74 Å². The first-order valence-corrected chi connectivity index (χ1v) is 5.43. The van der Waals surface area contributed by atoms with E-state index in [0.717, 1.165) is 37.2 Å². The van der Waals surface area contributed by atoms with Gasteiger partial charge in [-0.3, -0.25) is 4.79 Å². The molecule has 0 bridgehead atoms. The maximum absolute atomic E-state index is 11.3. The van der Waals surface area contributed by atoms with Crippen molar-refractivity contribution in [3.05, 3.63) is 37.1 Å². The van der Waals surface area contributed by atoms with Gasteiger partial charge in [-0.1, -0.05) is 25.8 Å². The SMILES string of the molecule is C=CC(=C)C(=C)N1CCC(C(=O)OC)CC1. The molecule has 16 heavy (non-hydrogen) atoms. The van der Waals surface area contributed by atoms with Crippen LogP contribution < -0.4 is 0 Å². The summed E-state index contributed by atoms with van der Waals surface area (Å²) < 4.78 is 4.74. The Morgan fingerprint density at radius 3 is 2.38 bits per heavy atom. The summed E-state index contributed by atoms with van der Waals surface area (Å²) in [4.78, 5) is 13.5.